The van der Waals surface area contributed by atoms with Crippen molar-refractivity contribution >= 4 is 0 Å². The van der Waals surface area contributed by atoms with Gasteiger partial charge in [-0.15, -0.1) is 0 Å². The summed E-state index contributed by atoms with van der Waals surface area (Å²) in [6, 6.07) is 0. The molecule has 3 heteroatoms. The molecule has 0 aliphatic rings. The smallest absolute Gasteiger partial charge is 0.107 e. The maximum absolute atomic E-state index is 4.67. The van der Waals surface area contributed by atoms with Crippen LogP contribution in [0, 0.1) is 0 Å². The van der Waals surface area contributed by atoms with Crippen LogP contribution in [0.15, 0.2) is 0 Å². The van der Waals surface area contributed by atoms with Crippen molar-refractivity contribution in [2.24, 2.45) is 0 Å². The molecule has 0 aliphatic heterocycles. The molecule has 1 aromatic rings. The van der Waals surface area contributed by atoms with Gasteiger partial charge < -0.3 is 10.3 Å². The summed E-state index contributed by atoms with van der Waals surface area (Å²) in [6.45, 7) is 11.9. The second kappa shape index (κ2) is 6.20. The van der Waals surface area contributed by atoms with Gasteiger partial charge in [-0.05, 0) is 33.6 Å². The number of hydrogen-bond acceptors (Lipinski definition) is 2. The molecule has 0 saturated carbocycles. The van der Waals surface area contributed by atoms with E-state index in [0.29, 0.717) is 0 Å². The molecule has 98 valence electrons. The highest BCUT2D eigenvalue weighted by Crippen LogP contribution is 2.10. The minimum Gasteiger partial charge on any atom is -0.346 e. The van der Waals surface area contributed by atoms with Crippen LogP contribution >= 0.6 is 0 Å². The molecule has 17 heavy (non-hydrogen) atoms. The van der Waals surface area contributed by atoms with E-state index in [2.05, 4.69) is 49.9 Å². The summed E-state index contributed by atoms with van der Waals surface area (Å²) in [5.74, 6) is 1.13. The van der Waals surface area contributed by atoms with Gasteiger partial charge in [0.2, 0.25) is 0 Å². The van der Waals surface area contributed by atoms with Crippen LogP contribution in [0.2, 0.25) is 0 Å². The van der Waals surface area contributed by atoms with Gasteiger partial charge in [0.25, 0.3) is 0 Å². The predicted molar refractivity (Wildman–Crippen MR) is 73.4 cm³/mol. The molecule has 0 unspecified atom stereocenters. The number of aromatic nitrogens is 2. The summed E-state index contributed by atoms with van der Waals surface area (Å²) in [4.78, 5) is 8.14. The van der Waals surface area contributed by atoms with Gasteiger partial charge in [0, 0.05) is 24.2 Å². The van der Waals surface area contributed by atoms with Crippen molar-refractivity contribution in [3.8, 4) is 0 Å². The maximum atomic E-state index is 4.67. The SMILES string of the molecule is CCCc1[nH]c(CCNC(C)(C)C)nc1CC. The Labute approximate surface area is 105 Å². The number of aryl methyl sites for hydroxylation is 2. The fraction of sp³-hybridized carbons (Fsp3) is 0.786. The molecule has 0 aliphatic carbocycles. The Morgan fingerprint density at radius 1 is 1.18 bits per heavy atom. The predicted octanol–water partition coefficient (Wildman–Crippen LogP) is 2.86. The minimum absolute atomic E-state index is 0.187. The Bertz CT molecular complexity index is 334. The largest absolute Gasteiger partial charge is 0.346 e. The summed E-state index contributed by atoms with van der Waals surface area (Å²) in [5.41, 5.74) is 2.77. The van der Waals surface area contributed by atoms with Crippen molar-refractivity contribution in [3.05, 3.63) is 17.2 Å². The van der Waals surface area contributed by atoms with Crippen LogP contribution in [0.3, 0.4) is 0 Å². The first-order chi connectivity index (χ1) is 7.96. The van der Waals surface area contributed by atoms with Crippen LogP contribution in [0.1, 0.15) is 58.3 Å². The molecule has 0 amide bonds. The van der Waals surface area contributed by atoms with Crippen molar-refractivity contribution in [2.45, 2.75) is 65.8 Å². The van der Waals surface area contributed by atoms with E-state index in [1.807, 2.05) is 0 Å². The fourth-order valence-electron chi connectivity index (χ4n) is 1.93. The first kappa shape index (κ1) is 14.2. The van der Waals surface area contributed by atoms with Crippen LogP contribution in [-0.2, 0) is 19.3 Å². The highest BCUT2D eigenvalue weighted by atomic mass is 15.0. The molecule has 0 spiro atoms. The summed E-state index contributed by atoms with van der Waals surface area (Å²) in [6.07, 6.45) is 4.30. The lowest BCUT2D eigenvalue weighted by molar-refractivity contribution is 0.427. The number of imidazole rings is 1. The molecule has 0 fully saturated rings. The van der Waals surface area contributed by atoms with Crippen LogP contribution < -0.4 is 5.32 Å². The molecule has 2 N–H and O–H groups in total. The summed E-state index contributed by atoms with van der Waals surface area (Å²) >= 11 is 0. The van der Waals surface area contributed by atoms with Crippen molar-refractivity contribution in [1.82, 2.24) is 15.3 Å². The minimum atomic E-state index is 0.187. The first-order valence-electron chi connectivity index (χ1n) is 6.78. The molecular formula is C14H27N3. The van der Waals surface area contributed by atoms with Gasteiger partial charge in [-0.3, -0.25) is 0 Å². The Kier molecular flexibility index (Phi) is 5.19. The monoisotopic (exact) mass is 237 g/mol. The third-order valence-electron chi connectivity index (χ3n) is 2.77. The van der Waals surface area contributed by atoms with Crippen LogP contribution in [0.25, 0.3) is 0 Å². The lowest BCUT2D eigenvalue weighted by Crippen LogP contribution is -2.37. The van der Waals surface area contributed by atoms with Gasteiger partial charge in [0.15, 0.2) is 0 Å². The Morgan fingerprint density at radius 3 is 2.41 bits per heavy atom. The second-order valence-electron chi connectivity index (χ2n) is 5.64. The van der Waals surface area contributed by atoms with E-state index in [4.69, 9.17) is 0 Å². The third-order valence-corrected chi connectivity index (χ3v) is 2.77. The summed E-state index contributed by atoms with van der Waals surface area (Å²) < 4.78 is 0. The Balaban J connectivity index is 2.54. The molecule has 0 saturated heterocycles. The Hall–Kier alpha value is -0.830. The molecule has 0 radical (unpaired) electrons. The number of nitrogens with one attached hydrogen (secondary N) is 2. The van der Waals surface area contributed by atoms with Crippen molar-refractivity contribution in [2.75, 3.05) is 6.54 Å². The highest BCUT2D eigenvalue weighted by Gasteiger charge is 2.10. The van der Waals surface area contributed by atoms with Crippen LogP contribution in [-0.4, -0.2) is 22.1 Å². The number of nitrogens with zero attached hydrogens (tertiary/aromatic N) is 1. The number of hydrogen-bond donors (Lipinski definition) is 2. The average Bonchev–Trinajstić information content (AvgIpc) is 2.59. The number of rotatable bonds is 6. The van der Waals surface area contributed by atoms with E-state index in [9.17, 15) is 0 Å². The van der Waals surface area contributed by atoms with E-state index >= 15 is 0 Å². The first-order valence-corrected chi connectivity index (χ1v) is 6.78. The molecule has 0 aromatic carbocycles. The zero-order chi connectivity index (χ0) is 12.9. The molecule has 0 bridgehead atoms. The van der Waals surface area contributed by atoms with E-state index < -0.39 is 0 Å². The van der Waals surface area contributed by atoms with Crippen molar-refractivity contribution in [3.63, 3.8) is 0 Å². The van der Waals surface area contributed by atoms with Gasteiger partial charge in [-0.1, -0.05) is 20.3 Å². The van der Waals surface area contributed by atoms with Gasteiger partial charge in [-0.25, -0.2) is 4.98 Å². The topological polar surface area (TPSA) is 40.7 Å². The van der Waals surface area contributed by atoms with Crippen molar-refractivity contribution in [1.29, 1.82) is 0 Å². The van der Waals surface area contributed by atoms with E-state index in [-0.39, 0.29) is 5.54 Å². The molecule has 1 aromatic heterocycles. The van der Waals surface area contributed by atoms with E-state index in [1.54, 1.807) is 0 Å². The van der Waals surface area contributed by atoms with Gasteiger partial charge in [-0.2, -0.15) is 0 Å². The fourth-order valence-corrected chi connectivity index (χ4v) is 1.93. The lowest BCUT2D eigenvalue weighted by atomic mass is 10.1. The standard InChI is InChI=1S/C14H27N3/c1-6-8-12-11(7-2)16-13(17-12)9-10-15-14(3,4)5/h15H,6-10H2,1-5H3,(H,16,17). The molecular weight excluding hydrogens is 210 g/mol. The molecule has 0 atom stereocenters. The number of H-pyrrole nitrogens is 1. The molecule has 1 heterocycles. The van der Waals surface area contributed by atoms with Gasteiger partial charge in [0.05, 0.1) is 5.69 Å². The normalized spacial score (nSPS) is 12.1. The van der Waals surface area contributed by atoms with Crippen LogP contribution in [0.4, 0.5) is 0 Å². The van der Waals surface area contributed by atoms with E-state index in [0.717, 1.165) is 31.6 Å². The zero-order valence-electron chi connectivity index (χ0n) is 12.0. The lowest BCUT2D eigenvalue weighted by Gasteiger charge is -2.19. The molecule has 3 nitrogen and oxygen atoms in total. The van der Waals surface area contributed by atoms with Crippen molar-refractivity contribution < 1.29 is 0 Å². The average molecular weight is 237 g/mol. The summed E-state index contributed by atoms with van der Waals surface area (Å²) in [7, 11) is 0. The third kappa shape index (κ3) is 4.90. The highest BCUT2D eigenvalue weighted by molar-refractivity contribution is 5.15. The summed E-state index contributed by atoms with van der Waals surface area (Å²) in [5, 5.41) is 3.49. The quantitative estimate of drug-likeness (QED) is 0.798. The molecule has 1 rings (SSSR count). The second-order valence-corrected chi connectivity index (χ2v) is 5.64. The van der Waals surface area contributed by atoms with Crippen LogP contribution in [0.5, 0.6) is 0 Å². The zero-order valence-corrected chi connectivity index (χ0v) is 12.0. The Morgan fingerprint density at radius 2 is 1.88 bits per heavy atom. The van der Waals surface area contributed by atoms with Gasteiger partial charge >= 0.3 is 0 Å². The van der Waals surface area contributed by atoms with Gasteiger partial charge in [0.1, 0.15) is 5.82 Å². The number of aromatic amines is 1. The van der Waals surface area contributed by atoms with E-state index in [1.165, 1.54) is 17.8 Å². The maximum Gasteiger partial charge on any atom is 0.107 e.